The van der Waals surface area contributed by atoms with E-state index in [2.05, 4.69) is 100.0 Å². The second-order valence-corrected chi connectivity index (χ2v) is 22.6. The number of nitriles is 1. The zero-order valence-electron chi connectivity index (χ0n) is 36.6. The quantitative estimate of drug-likeness (QED) is 0.300. The number of allylic oxidation sites excluding steroid dienone is 10. The molecule has 2 aliphatic heterocycles. The number of hydrogen-bond donors (Lipinski definition) is 1. The van der Waals surface area contributed by atoms with E-state index in [4.69, 9.17) is 0 Å². The molecule has 1 aromatic heterocycles. The first-order valence-corrected chi connectivity index (χ1v) is 26.0. The first kappa shape index (κ1) is 38.5. The summed E-state index contributed by atoms with van der Waals surface area (Å²) in [6, 6.07) is 4.00. The summed E-state index contributed by atoms with van der Waals surface area (Å²) in [5.41, 5.74) is 16.1. The van der Waals surface area contributed by atoms with Gasteiger partial charge in [-0.2, -0.15) is 17.0 Å². The molecule has 10 unspecified atom stereocenters. The Labute approximate surface area is 365 Å². The van der Waals surface area contributed by atoms with E-state index in [0.29, 0.717) is 34.4 Å². The molecule has 1 aromatic rings. The second-order valence-electron chi connectivity index (χ2n) is 21.2. The van der Waals surface area contributed by atoms with Crippen LogP contribution in [0.15, 0.2) is 82.3 Å². The van der Waals surface area contributed by atoms with Gasteiger partial charge in [-0.3, -0.25) is 5.32 Å². The Kier molecular flexibility index (Phi) is 9.82. The third-order valence-electron chi connectivity index (χ3n) is 17.6. The van der Waals surface area contributed by atoms with Gasteiger partial charge in [-0.25, -0.2) is 0 Å². The first-order chi connectivity index (χ1) is 29.5. The lowest BCUT2D eigenvalue weighted by Crippen LogP contribution is -2.72. The van der Waals surface area contributed by atoms with Crippen LogP contribution in [0.1, 0.15) is 158 Å². The lowest BCUT2D eigenvalue weighted by atomic mass is 9.76. The first-order valence-electron chi connectivity index (χ1n) is 25.0. The van der Waals surface area contributed by atoms with Crippen molar-refractivity contribution in [1.82, 2.24) is 19.7 Å². The van der Waals surface area contributed by atoms with Gasteiger partial charge < -0.3 is 14.4 Å². The molecule has 60 heavy (non-hydrogen) atoms. The van der Waals surface area contributed by atoms with Crippen LogP contribution in [0, 0.1) is 34.5 Å². The van der Waals surface area contributed by atoms with Crippen molar-refractivity contribution in [2.75, 3.05) is 0 Å². The predicted molar refractivity (Wildman–Crippen MR) is 246 cm³/mol. The fourth-order valence-electron chi connectivity index (χ4n) is 15.1. The lowest BCUT2D eigenvalue weighted by Gasteiger charge is -2.60. The molecule has 0 amide bonds. The highest BCUT2D eigenvalue weighted by molar-refractivity contribution is 8.00. The van der Waals surface area contributed by atoms with Crippen molar-refractivity contribution >= 4 is 11.8 Å². The molecule has 5 nitrogen and oxygen atoms in total. The normalized spacial score (nSPS) is 37.8. The molecule has 12 rings (SSSR count). The fraction of sp³-hybridized carbons (Fsp3) is 0.648. The van der Waals surface area contributed by atoms with Crippen molar-refractivity contribution in [3.63, 3.8) is 0 Å². The van der Waals surface area contributed by atoms with Crippen LogP contribution in [-0.4, -0.2) is 49.3 Å². The third-order valence-corrected chi connectivity index (χ3v) is 19.4. The minimum absolute atomic E-state index is 0.0470. The van der Waals surface area contributed by atoms with Gasteiger partial charge in [0.05, 0.1) is 30.2 Å². The SMILES string of the molecule is CC1(C)C2=CCCCC2C2=CCCC(N3C(C4=CC(C#N)C(n5c6c(c7c5CCCC7)CCCC6)C=C4N4C5C=CCCC5SC5CCCCC54)NC3C3C=CCCC3)=C21. The summed E-state index contributed by atoms with van der Waals surface area (Å²) in [7, 11) is 0. The van der Waals surface area contributed by atoms with Crippen molar-refractivity contribution in [3.8, 4) is 6.07 Å². The zero-order chi connectivity index (χ0) is 40.1. The summed E-state index contributed by atoms with van der Waals surface area (Å²) in [4.78, 5) is 5.97. The summed E-state index contributed by atoms with van der Waals surface area (Å²) < 4.78 is 2.80. The molecule has 0 bridgehead atoms. The molecule has 316 valence electrons. The largest absolute Gasteiger partial charge is 0.360 e. The lowest BCUT2D eigenvalue weighted by molar-refractivity contribution is -0.00902. The Morgan fingerprint density at radius 2 is 1.48 bits per heavy atom. The van der Waals surface area contributed by atoms with E-state index < -0.39 is 0 Å². The van der Waals surface area contributed by atoms with Gasteiger partial charge in [0.1, 0.15) is 6.17 Å². The summed E-state index contributed by atoms with van der Waals surface area (Å²) in [5.74, 6) is 0.896. The molecule has 2 saturated heterocycles. The van der Waals surface area contributed by atoms with Crippen molar-refractivity contribution in [2.24, 2.45) is 23.2 Å². The summed E-state index contributed by atoms with van der Waals surface area (Å²) in [6.45, 7) is 5.11. The molecule has 0 aromatic carbocycles. The highest BCUT2D eigenvalue weighted by Crippen LogP contribution is 2.61. The zero-order valence-corrected chi connectivity index (χ0v) is 37.5. The molecule has 0 radical (unpaired) electrons. The van der Waals surface area contributed by atoms with Gasteiger partial charge in [0.15, 0.2) is 0 Å². The van der Waals surface area contributed by atoms with E-state index >= 15 is 0 Å². The van der Waals surface area contributed by atoms with Gasteiger partial charge in [-0.15, -0.1) is 0 Å². The third kappa shape index (κ3) is 5.93. The van der Waals surface area contributed by atoms with Crippen molar-refractivity contribution in [3.05, 3.63) is 105 Å². The van der Waals surface area contributed by atoms with Crippen molar-refractivity contribution in [2.45, 2.75) is 196 Å². The van der Waals surface area contributed by atoms with Crippen molar-refractivity contribution in [1.29, 1.82) is 5.26 Å². The Balaban J connectivity index is 1.04. The van der Waals surface area contributed by atoms with E-state index in [1.165, 1.54) is 140 Å². The van der Waals surface area contributed by atoms with E-state index in [-0.39, 0.29) is 29.7 Å². The Morgan fingerprint density at radius 1 is 0.700 bits per heavy atom. The molecule has 4 fully saturated rings. The van der Waals surface area contributed by atoms with Gasteiger partial charge in [0.25, 0.3) is 0 Å². The second kappa shape index (κ2) is 15.3. The van der Waals surface area contributed by atoms with Gasteiger partial charge in [0, 0.05) is 62.1 Å². The maximum atomic E-state index is 11.5. The monoisotopic (exact) mass is 820 g/mol. The number of hydrogen-bond acceptors (Lipinski definition) is 5. The van der Waals surface area contributed by atoms with E-state index in [1.807, 2.05) is 0 Å². The molecule has 1 N–H and O–H groups in total. The minimum Gasteiger partial charge on any atom is -0.360 e. The van der Waals surface area contributed by atoms with Crippen LogP contribution >= 0.6 is 11.8 Å². The van der Waals surface area contributed by atoms with Crippen LogP contribution in [0.2, 0.25) is 0 Å². The molecule has 11 aliphatic rings. The van der Waals surface area contributed by atoms with Gasteiger partial charge in [-0.05, 0) is 157 Å². The molecule has 6 heteroatoms. The Morgan fingerprint density at radius 3 is 2.28 bits per heavy atom. The Bertz CT molecular complexity index is 2150. The number of thioether (sulfide) groups is 1. The average molecular weight is 820 g/mol. The van der Waals surface area contributed by atoms with Crippen LogP contribution in [0.5, 0.6) is 0 Å². The highest BCUT2D eigenvalue weighted by atomic mass is 32.2. The summed E-state index contributed by atoms with van der Waals surface area (Å²) in [6.07, 6.45) is 48.7. The summed E-state index contributed by atoms with van der Waals surface area (Å²) >= 11 is 2.35. The Hall–Kier alpha value is -3.14. The van der Waals surface area contributed by atoms with Gasteiger partial charge in [-0.1, -0.05) is 74.8 Å². The molecular formula is C54H69N5S. The van der Waals surface area contributed by atoms with Crippen LogP contribution in [0.4, 0.5) is 0 Å². The van der Waals surface area contributed by atoms with E-state index in [0.717, 1.165) is 12.8 Å². The van der Waals surface area contributed by atoms with E-state index in [9.17, 15) is 5.26 Å². The minimum atomic E-state index is -0.195. The smallest absolute Gasteiger partial charge is 0.110 e. The number of aromatic nitrogens is 1. The van der Waals surface area contributed by atoms with Crippen LogP contribution in [0.3, 0.4) is 0 Å². The number of rotatable bonds is 5. The maximum Gasteiger partial charge on any atom is 0.110 e. The number of nitrogens with zero attached hydrogens (tertiary/aromatic N) is 4. The number of nitrogens with one attached hydrogen (secondary N) is 1. The molecule has 10 atom stereocenters. The molecular weight excluding hydrogens is 751 g/mol. The standard InChI is InChI=1S/C54H69N5S/c1-54(2)41-23-9-6-19-36(41)39-22-16-28-46(51(39)54)59-52(34-17-4-3-5-18-34)56-53(59)40-31-35(33-55)47(57-42-24-10-7-20-37(42)38-21-8-11-25-43(38)57)32-48(40)58-44-26-12-14-29-49(44)60-50-30-15-13-27-45(50)58/h4,12,17,22-23,26,31-32,34-36,44-45,47,49-50,52-53,56H,3,5-11,13-16,18-21,24-25,27-30H2,1-2H3. The predicted octanol–water partition coefficient (Wildman–Crippen LogP) is 11.9. The molecule has 0 spiro atoms. The maximum absolute atomic E-state index is 11.5. The fourth-order valence-corrected chi connectivity index (χ4v) is 16.9. The topological polar surface area (TPSA) is 47.2 Å². The average Bonchev–Trinajstić information content (AvgIpc) is 3.74. The molecule has 3 heterocycles. The molecule has 9 aliphatic carbocycles. The van der Waals surface area contributed by atoms with Crippen LogP contribution in [-0.2, 0) is 25.7 Å². The molecule has 2 saturated carbocycles. The van der Waals surface area contributed by atoms with Gasteiger partial charge >= 0.3 is 0 Å². The van der Waals surface area contributed by atoms with Crippen LogP contribution < -0.4 is 5.32 Å². The van der Waals surface area contributed by atoms with Crippen molar-refractivity contribution < 1.29 is 0 Å². The van der Waals surface area contributed by atoms with Crippen LogP contribution in [0.25, 0.3) is 0 Å². The van der Waals surface area contributed by atoms with E-state index in [1.54, 1.807) is 44.9 Å². The highest BCUT2D eigenvalue weighted by Gasteiger charge is 2.54. The van der Waals surface area contributed by atoms with Gasteiger partial charge in [0.2, 0.25) is 0 Å². The summed E-state index contributed by atoms with van der Waals surface area (Å²) in [5, 5.41) is 17.2. The number of fused-ring (bicyclic) bond motifs is 8.